The Hall–Kier alpha value is -0.330. The van der Waals surface area contributed by atoms with Crippen LogP contribution in [0, 0.1) is 11.8 Å². The lowest BCUT2D eigenvalue weighted by molar-refractivity contribution is -0.109. The molecule has 15 heavy (non-hydrogen) atoms. The number of hydrogen-bond acceptors (Lipinski definition) is 1. The zero-order valence-electron chi connectivity index (χ0n) is 10.2. The first-order valence-electron chi connectivity index (χ1n) is 6.83. The summed E-state index contributed by atoms with van der Waals surface area (Å²) >= 11 is 0. The summed E-state index contributed by atoms with van der Waals surface area (Å²) in [4.78, 5) is 10.4. The van der Waals surface area contributed by atoms with Crippen molar-refractivity contribution in [1.82, 2.24) is 0 Å². The number of aldehydes is 1. The molecule has 0 aromatic carbocycles. The van der Waals surface area contributed by atoms with Crippen LogP contribution in [0.4, 0.5) is 0 Å². The minimum atomic E-state index is 0.439. The first-order chi connectivity index (χ1) is 7.38. The Morgan fingerprint density at radius 2 is 1.60 bits per heavy atom. The van der Waals surface area contributed by atoms with Crippen molar-refractivity contribution >= 4 is 6.29 Å². The highest BCUT2D eigenvalue weighted by Gasteiger charge is 2.35. The molecule has 0 heterocycles. The monoisotopic (exact) mass is 210 g/mol. The van der Waals surface area contributed by atoms with Gasteiger partial charge < -0.3 is 4.79 Å². The molecule has 0 radical (unpaired) electrons. The molecule has 1 aliphatic rings. The predicted molar refractivity (Wildman–Crippen MR) is 64.9 cm³/mol. The van der Waals surface area contributed by atoms with Gasteiger partial charge in [-0.15, -0.1) is 0 Å². The lowest BCUT2D eigenvalue weighted by Crippen LogP contribution is -1.85. The van der Waals surface area contributed by atoms with Crippen LogP contribution in [0.5, 0.6) is 0 Å². The molecule has 1 fully saturated rings. The summed E-state index contributed by atoms with van der Waals surface area (Å²) < 4.78 is 0. The van der Waals surface area contributed by atoms with Gasteiger partial charge in [0, 0.05) is 5.92 Å². The zero-order chi connectivity index (χ0) is 10.9. The van der Waals surface area contributed by atoms with Crippen LogP contribution in [0.2, 0.25) is 0 Å². The molecular formula is C14H26O. The zero-order valence-corrected chi connectivity index (χ0v) is 10.2. The molecule has 1 aliphatic carbocycles. The lowest BCUT2D eigenvalue weighted by Gasteiger charge is -2.00. The molecule has 0 saturated heterocycles. The summed E-state index contributed by atoms with van der Waals surface area (Å²) in [6.07, 6.45) is 14.8. The fourth-order valence-corrected chi connectivity index (χ4v) is 2.31. The topological polar surface area (TPSA) is 17.1 Å². The summed E-state index contributed by atoms with van der Waals surface area (Å²) in [5, 5.41) is 0. The second-order valence-electron chi connectivity index (χ2n) is 5.06. The van der Waals surface area contributed by atoms with Crippen LogP contribution in [0.15, 0.2) is 0 Å². The van der Waals surface area contributed by atoms with Crippen molar-refractivity contribution in [3.8, 4) is 0 Å². The molecule has 2 atom stereocenters. The van der Waals surface area contributed by atoms with Crippen LogP contribution in [0.1, 0.15) is 71.1 Å². The van der Waals surface area contributed by atoms with E-state index in [0.717, 1.165) is 12.2 Å². The maximum atomic E-state index is 10.4. The molecule has 88 valence electrons. The number of unbranched alkanes of at least 4 members (excludes halogenated alkanes) is 7. The van der Waals surface area contributed by atoms with E-state index in [1.807, 2.05) is 0 Å². The van der Waals surface area contributed by atoms with Crippen molar-refractivity contribution in [1.29, 1.82) is 0 Å². The van der Waals surface area contributed by atoms with E-state index in [2.05, 4.69) is 6.92 Å². The largest absolute Gasteiger partial charge is 0.303 e. The van der Waals surface area contributed by atoms with Crippen LogP contribution in [0.3, 0.4) is 0 Å². The molecule has 0 aromatic heterocycles. The first kappa shape index (κ1) is 12.7. The van der Waals surface area contributed by atoms with E-state index in [1.165, 1.54) is 64.2 Å². The van der Waals surface area contributed by atoms with E-state index in [0.29, 0.717) is 5.92 Å². The molecule has 0 spiro atoms. The molecular weight excluding hydrogens is 184 g/mol. The van der Waals surface area contributed by atoms with Gasteiger partial charge in [0.05, 0.1) is 0 Å². The van der Waals surface area contributed by atoms with Crippen molar-refractivity contribution in [3.05, 3.63) is 0 Å². The predicted octanol–water partition coefficient (Wildman–Crippen LogP) is 4.35. The van der Waals surface area contributed by atoms with E-state index in [4.69, 9.17) is 0 Å². The van der Waals surface area contributed by atoms with Gasteiger partial charge >= 0.3 is 0 Å². The van der Waals surface area contributed by atoms with Gasteiger partial charge in [-0.3, -0.25) is 0 Å². The highest BCUT2D eigenvalue weighted by molar-refractivity contribution is 5.58. The van der Waals surface area contributed by atoms with Crippen molar-refractivity contribution in [2.24, 2.45) is 11.8 Å². The smallest absolute Gasteiger partial charge is 0.123 e. The average Bonchev–Trinajstić information content (AvgIpc) is 3.01. The van der Waals surface area contributed by atoms with Gasteiger partial charge in [-0.05, 0) is 18.8 Å². The molecule has 1 nitrogen and oxygen atoms in total. The van der Waals surface area contributed by atoms with Crippen molar-refractivity contribution in [3.63, 3.8) is 0 Å². The van der Waals surface area contributed by atoms with Crippen molar-refractivity contribution in [2.45, 2.75) is 71.1 Å². The number of rotatable bonds is 10. The van der Waals surface area contributed by atoms with Gasteiger partial charge in [-0.2, -0.15) is 0 Å². The van der Waals surface area contributed by atoms with Gasteiger partial charge in [0.1, 0.15) is 6.29 Å². The first-order valence-corrected chi connectivity index (χ1v) is 6.83. The van der Waals surface area contributed by atoms with E-state index >= 15 is 0 Å². The number of carbonyl (C=O) groups excluding carboxylic acids is 1. The third-order valence-electron chi connectivity index (χ3n) is 3.58. The molecule has 1 heteroatoms. The second-order valence-corrected chi connectivity index (χ2v) is 5.06. The highest BCUT2D eigenvalue weighted by Crippen LogP contribution is 2.40. The van der Waals surface area contributed by atoms with Gasteiger partial charge in [0.15, 0.2) is 0 Å². The van der Waals surface area contributed by atoms with Crippen LogP contribution in [-0.2, 0) is 4.79 Å². The Balaban J connectivity index is 1.72. The van der Waals surface area contributed by atoms with Crippen molar-refractivity contribution < 1.29 is 4.79 Å². The standard InChI is InChI=1S/C14H26O/c1-2-3-4-5-6-7-8-9-10-13-11-14(13)12-15/h12-14H,2-11H2,1H3/t13-,14-/m1/s1. The highest BCUT2D eigenvalue weighted by atomic mass is 16.1. The fraction of sp³-hybridized carbons (Fsp3) is 0.929. The van der Waals surface area contributed by atoms with Gasteiger partial charge in [-0.25, -0.2) is 0 Å². The Labute approximate surface area is 94.6 Å². The molecule has 0 aliphatic heterocycles. The quantitative estimate of drug-likeness (QED) is 0.387. The average molecular weight is 210 g/mol. The Morgan fingerprint density at radius 3 is 2.13 bits per heavy atom. The summed E-state index contributed by atoms with van der Waals surface area (Å²) in [6.45, 7) is 2.26. The third kappa shape index (κ3) is 5.96. The summed E-state index contributed by atoms with van der Waals surface area (Å²) in [5.74, 6) is 1.21. The minimum absolute atomic E-state index is 0.439. The normalized spacial score (nSPS) is 24.1. The van der Waals surface area contributed by atoms with Crippen LogP contribution in [-0.4, -0.2) is 6.29 Å². The maximum absolute atomic E-state index is 10.4. The Morgan fingerprint density at radius 1 is 1.00 bits per heavy atom. The number of hydrogen-bond donors (Lipinski definition) is 0. The van der Waals surface area contributed by atoms with Crippen LogP contribution in [0.25, 0.3) is 0 Å². The van der Waals surface area contributed by atoms with E-state index in [1.54, 1.807) is 0 Å². The molecule has 1 rings (SSSR count). The molecule has 0 N–H and O–H groups in total. The summed E-state index contributed by atoms with van der Waals surface area (Å²) in [6, 6.07) is 0. The lowest BCUT2D eigenvalue weighted by atomic mass is 10.1. The summed E-state index contributed by atoms with van der Waals surface area (Å²) in [7, 11) is 0. The van der Waals surface area contributed by atoms with Crippen molar-refractivity contribution in [2.75, 3.05) is 0 Å². The Kier molecular flexibility index (Phi) is 6.71. The van der Waals surface area contributed by atoms with E-state index in [-0.39, 0.29) is 0 Å². The van der Waals surface area contributed by atoms with Crippen LogP contribution >= 0.6 is 0 Å². The van der Waals surface area contributed by atoms with Crippen LogP contribution < -0.4 is 0 Å². The van der Waals surface area contributed by atoms with Gasteiger partial charge in [0.2, 0.25) is 0 Å². The Bertz CT molecular complexity index is 165. The number of carbonyl (C=O) groups is 1. The van der Waals surface area contributed by atoms with E-state index < -0.39 is 0 Å². The molecule has 1 saturated carbocycles. The second kappa shape index (κ2) is 7.90. The SMILES string of the molecule is CCCCCCCCCC[C@@H]1C[C@@H]1C=O. The van der Waals surface area contributed by atoms with E-state index in [9.17, 15) is 4.79 Å². The van der Waals surface area contributed by atoms with Gasteiger partial charge in [-0.1, -0.05) is 58.3 Å². The fourth-order valence-electron chi connectivity index (χ4n) is 2.31. The maximum Gasteiger partial charge on any atom is 0.123 e. The molecule has 0 amide bonds. The minimum Gasteiger partial charge on any atom is -0.303 e. The molecule has 0 aromatic rings. The summed E-state index contributed by atoms with van der Waals surface area (Å²) in [5.41, 5.74) is 0. The molecule has 0 unspecified atom stereocenters. The molecule has 0 bridgehead atoms. The van der Waals surface area contributed by atoms with Gasteiger partial charge in [0.25, 0.3) is 0 Å². The third-order valence-corrected chi connectivity index (χ3v) is 3.58.